The highest BCUT2D eigenvalue weighted by molar-refractivity contribution is 7.15. The Morgan fingerprint density at radius 3 is 3.00 bits per heavy atom. The van der Waals surface area contributed by atoms with Crippen LogP contribution >= 0.6 is 11.3 Å². The van der Waals surface area contributed by atoms with Crippen LogP contribution in [0.2, 0.25) is 0 Å². The Bertz CT molecular complexity index is 559. The fourth-order valence-corrected chi connectivity index (χ4v) is 3.68. The molecule has 0 radical (unpaired) electrons. The van der Waals surface area contributed by atoms with Crippen molar-refractivity contribution in [3.63, 3.8) is 0 Å². The van der Waals surface area contributed by atoms with Gasteiger partial charge in [0.05, 0.1) is 7.11 Å². The smallest absolute Gasteiger partial charge is 0.237 e. The van der Waals surface area contributed by atoms with Crippen LogP contribution in [-0.4, -0.2) is 47.6 Å². The van der Waals surface area contributed by atoms with Gasteiger partial charge in [0, 0.05) is 18.1 Å². The third-order valence-corrected chi connectivity index (χ3v) is 4.84. The number of fused-ring (bicyclic) bond motifs is 1. The van der Waals surface area contributed by atoms with Crippen LogP contribution in [0.4, 0.5) is 0 Å². The summed E-state index contributed by atoms with van der Waals surface area (Å²) >= 11 is 1.64. The largest absolute Gasteiger partial charge is 0.480 e. The van der Waals surface area contributed by atoms with Gasteiger partial charge in [-0.05, 0) is 45.4 Å². The minimum atomic E-state index is 0.741. The highest BCUT2D eigenvalue weighted by Gasteiger charge is 2.13. The monoisotopic (exact) mass is 308 g/mol. The molecule has 0 aromatic carbocycles. The standard InChI is InChI=1S/C15H24N4OS/c1-20-14-13(19-10-11-21-15(19)17-14)12-16-6-5-9-18-7-3-2-4-8-18/h10-11,16H,2-9,12H2,1H3. The summed E-state index contributed by atoms with van der Waals surface area (Å²) in [7, 11) is 1.69. The highest BCUT2D eigenvalue weighted by atomic mass is 32.1. The minimum absolute atomic E-state index is 0.741. The summed E-state index contributed by atoms with van der Waals surface area (Å²) in [6.07, 6.45) is 7.41. The number of hydrogen-bond donors (Lipinski definition) is 1. The van der Waals surface area contributed by atoms with Crippen molar-refractivity contribution in [2.45, 2.75) is 32.2 Å². The van der Waals surface area contributed by atoms with Crippen LogP contribution in [0.3, 0.4) is 0 Å². The summed E-state index contributed by atoms with van der Waals surface area (Å²) in [4.78, 5) is 8.06. The van der Waals surface area contributed by atoms with Gasteiger partial charge in [-0.25, -0.2) is 0 Å². The lowest BCUT2D eigenvalue weighted by molar-refractivity contribution is 0.225. The topological polar surface area (TPSA) is 41.8 Å². The number of nitrogens with one attached hydrogen (secondary N) is 1. The molecule has 2 aromatic heterocycles. The SMILES string of the molecule is COc1nc2sccn2c1CNCCCN1CCCCC1. The van der Waals surface area contributed by atoms with E-state index in [0.29, 0.717) is 0 Å². The molecule has 0 spiro atoms. The van der Waals surface area contributed by atoms with Gasteiger partial charge in [0.2, 0.25) is 5.88 Å². The van der Waals surface area contributed by atoms with Crippen molar-refractivity contribution in [3.05, 3.63) is 17.3 Å². The first kappa shape index (κ1) is 14.8. The fourth-order valence-electron chi connectivity index (χ4n) is 2.95. The molecule has 0 unspecified atom stereocenters. The van der Waals surface area contributed by atoms with Gasteiger partial charge in [0.15, 0.2) is 4.96 Å². The summed E-state index contributed by atoms with van der Waals surface area (Å²) in [6.45, 7) is 5.63. The van der Waals surface area contributed by atoms with Gasteiger partial charge in [-0.1, -0.05) is 6.42 Å². The molecular weight excluding hydrogens is 284 g/mol. The first-order valence-electron chi connectivity index (χ1n) is 7.80. The Morgan fingerprint density at radius 2 is 2.19 bits per heavy atom. The van der Waals surface area contributed by atoms with E-state index in [1.54, 1.807) is 18.4 Å². The average Bonchev–Trinajstić information content (AvgIpc) is 3.09. The van der Waals surface area contributed by atoms with Crippen LogP contribution in [0, 0.1) is 0 Å². The maximum Gasteiger partial charge on any atom is 0.237 e. The molecule has 0 saturated carbocycles. The Kier molecular flexibility index (Phi) is 5.11. The summed E-state index contributed by atoms with van der Waals surface area (Å²) in [5.41, 5.74) is 1.12. The lowest BCUT2D eigenvalue weighted by Gasteiger charge is -2.26. The molecule has 1 N–H and O–H groups in total. The number of nitrogens with zero attached hydrogens (tertiary/aromatic N) is 3. The van der Waals surface area contributed by atoms with Crippen molar-refractivity contribution >= 4 is 16.3 Å². The van der Waals surface area contributed by atoms with Crippen LogP contribution < -0.4 is 10.1 Å². The fraction of sp³-hybridized carbons (Fsp3) is 0.667. The maximum atomic E-state index is 5.37. The first-order valence-corrected chi connectivity index (χ1v) is 8.68. The van der Waals surface area contributed by atoms with Crippen LogP contribution in [0.1, 0.15) is 31.4 Å². The second-order valence-electron chi connectivity index (χ2n) is 5.56. The molecule has 3 heterocycles. The molecule has 6 heteroatoms. The van der Waals surface area contributed by atoms with Crippen LogP contribution in [-0.2, 0) is 6.54 Å². The molecule has 21 heavy (non-hydrogen) atoms. The van der Waals surface area contributed by atoms with E-state index in [9.17, 15) is 0 Å². The molecule has 2 aromatic rings. The van der Waals surface area contributed by atoms with Crippen molar-refractivity contribution in [2.24, 2.45) is 0 Å². The van der Waals surface area contributed by atoms with Gasteiger partial charge >= 0.3 is 0 Å². The van der Waals surface area contributed by atoms with Crippen molar-refractivity contribution in [2.75, 3.05) is 33.3 Å². The van der Waals surface area contributed by atoms with E-state index < -0.39 is 0 Å². The van der Waals surface area contributed by atoms with Gasteiger partial charge in [-0.15, -0.1) is 11.3 Å². The summed E-state index contributed by atoms with van der Waals surface area (Å²) in [6, 6.07) is 0. The zero-order chi connectivity index (χ0) is 14.5. The zero-order valence-corrected chi connectivity index (χ0v) is 13.5. The molecule has 3 rings (SSSR count). The second kappa shape index (κ2) is 7.24. The van der Waals surface area contributed by atoms with E-state index in [1.807, 2.05) is 0 Å². The molecule has 0 atom stereocenters. The van der Waals surface area contributed by atoms with Crippen LogP contribution in [0.5, 0.6) is 5.88 Å². The predicted octanol–water partition coefficient (Wildman–Crippen LogP) is 2.37. The molecule has 0 bridgehead atoms. The predicted molar refractivity (Wildman–Crippen MR) is 86.2 cm³/mol. The number of methoxy groups -OCH3 is 1. The zero-order valence-electron chi connectivity index (χ0n) is 12.7. The van der Waals surface area contributed by atoms with Gasteiger partial charge in [0.25, 0.3) is 0 Å². The number of hydrogen-bond acceptors (Lipinski definition) is 5. The Hall–Kier alpha value is -1.11. The number of rotatable bonds is 7. The normalized spacial score (nSPS) is 16.6. The molecule has 0 aliphatic carbocycles. The molecule has 1 aliphatic rings. The van der Waals surface area contributed by atoms with E-state index in [4.69, 9.17) is 4.74 Å². The molecule has 5 nitrogen and oxygen atoms in total. The summed E-state index contributed by atoms with van der Waals surface area (Å²) < 4.78 is 7.48. The van der Waals surface area contributed by atoms with Crippen molar-refractivity contribution in [1.29, 1.82) is 0 Å². The Morgan fingerprint density at radius 1 is 1.33 bits per heavy atom. The first-order chi connectivity index (χ1) is 10.4. The van der Waals surface area contributed by atoms with Crippen LogP contribution in [0.25, 0.3) is 4.96 Å². The van der Waals surface area contributed by atoms with E-state index in [0.717, 1.165) is 29.6 Å². The van der Waals surface area contributed by atoms with E-state index in [-0.39, 0.29) is 0 Å². The van der Waals surface area contributed by atoms with E-state index in [1.165, 1.54) is 45.3 Å². The third kappa shape index (κ3) is 3.56. The minimum Gasteiger partial charge on any atom is -0.480 e. The number of likely N-dealkylation sites (tertiary alicyclic amines) is 1. The molecule has 1 aliphatic heterocycles. The van der Waals surface area contributed by atoms with Gasteiger partial charge in [-0.2, -0.15) is 4.98 Å². The molecule has 116 valence electrons. The lowest BCUT2D eigenvalue weighted by Crippen LogP contribution is -2.32. The number of piperidine rings is 1. The number of aromatic nitrogens is 2. The third-order valence-electron chi connectivity index (χ3n) is 4.09. The molecule has 1 fully saturated rings. The van der Waals surface area contributed by atoms with Gasteiger partial charge in [-0.3, -0.25) is 4.40 Å². The molecule has 0 amide bonds. The van der Waals surface area contributed by atoms with Crippen molar-refractivity contribution < 1.29 is 4.74 Å². The number of imidazole rings is 1. The molecule has 1 saturated heterocycles. The van der Waals surface area contributed by atoms with E-state index >= 15 is 0 Å². The van der Waals surface area contributed by atoms with Gasteiger partial charge in [0.1, 0.15) is 5.69 Å². The quantitative estimate of drug-likeness (QED) is 0.797. The van der Waals surface area contributed by atoms with E-state index in [2.05, 4.69) is 31.2 Å². The average molecular weight is 308 g/mol. The Balaban J connectivity index is 1.44. The summed E-state index contributed by atoms with van der Waals surface area (Å²) in [5.74, 6) is 0.741. The van der Waals surface area contributed by atoms with Gasteiger partial charge < -0.3 is 15.0 Å². The lowest BCUT2D eigenvalue weighted by atomic mass is 10.1. The van der Waals surface area contributed by atoms with Crippen molar-refractivity contribution in [1.82, 2.24) is 19.6 Å². The summed E-state index contributed by atoms with van der Waals surface area (Å²) in [5, 5.41) is 5.58. The highest BCUT2D eigenvalue weighted by Crippen LogP contribution is 2.22. The maximum absolute atomic E-state index is 5.37. The second-order valence-corrected chi connectivity index (χ2v) is 6.43. The van der Waals surface area contributed by atoms with Crippen LogP contribution in [0.15, 0.2) is 11.6 Å². The number of ether oxygens (including phenoxy) is 1. The Labute approximate surface area is 129 Å². The number of thiazole rings is 1. The van der Waals surface area contributed by atoms with Crippen molar-refractivity contribution in [3.8, 4) is 5.88 Å². The molecular formula is C15H24N4OS.